The number of benzene rings is 3. The molecule has 5 aromatic rings. The smallest absolute Gasteiger partial charge is 0.271 e. The number of amides is 1. The predicted octanol–water partition coefficient (Wildman–Crippen LogP) is 5.33. The van der Waals surface area contributed by atoms with Gasteiger partial charge in [-0.2, -0.15) is 5.10 Å². The summed E-state index contributed by atoms with van der Waals surface area (Å²) in [4.78, 5) is 13.0. The van der Waals surface area contributed by atoms with Gasteiger partial charge in [0, 0.05) is 11.1 Å². The molecule has 0 bridgehead atoms. The van der Waals surface area contributed by atoms with Gasteiger partial charge in [-0.1, -0.05) is 54.6 Å². The molecule has 0 atom stereocenters. The molecule has 9 nitrogen and oxygen atoms in total. The van der Waals surface area contributed by atoms with Crippen LogP contribution in [0.3, 0.4) is 0 Å². The molecule has 3 N–H and O–H groups in total. The van der Waals surface area contributed by atoms with E-state index in [0.717, 1.165) is 39.0 Å². The van der Waals surface area contributed by atoms with Crippen LogP contribution in [-0.4, -0.2) is 29.0 Å². The minimum absolute atomic E-state index is 0.00189. The molecule has 0 saturated heterocycles. The summed E-state index contributed by atoms with van der Waals surface area (Å²) >= 11 is 2.05. The monoisotopic (exact) mass is 596 g/mol. The normalized spacial score (nSPS) is 12.0. The molecule has 5 rings (SSSR count). The largest absolute Gasteiger partial charge is 0.279 e. The van der Waals surface area contributed by atoms with Gasteiger partial charge in [-0.15, -0.1) is 22.7 Å². The third kappa shape index (κ3) is 6.17. The van der Waals surface area contributed by atoms with E-state index in [0.29, 0.717) is 0 Å². The first-order valence-electron chi connectivity index (χ1n) is 11.3. The van der Waals surface area contributed by atoms with Crippen molar-refractivity contribution in [3.63, 3.8) is 0 Å². The highest BCUT2D eigenvalue weighted by molar-refractivity contribution is 7.95. The molecule has 1 amide bonds. The van der Waals surface area contributed by atoms with Crippen LogP contribution >= 0.6 is 22.7 Å². The van der Waals surface area contributed by atoms with Gasteiger partial charge in [0.1, 0.15) is 8.42 Å². The first-order chi connectivity index (χ1) is 18.7. The Kier molecular flexibility index (Phi) is 7.48. The van der Waals surface area contributed by atoms with Crippen molar-refractivity contribution in [1.82, 2.24) is 5.43 Å². The minimum atomic E-state index is -3.96. The zero-order valence-corrected chi connectivity index (χ0v) is 23.2. The quantitative estimate of drug-likeness (QED) is 0.156. The number of hydrazone groups is 1. The molecule has 0 spiro atoms. The number of carbonyl (C=O) groups excluding carboxylic acids is 1. The number of sulfonamides is 2. The Morgan fingerprint density at radius 2 is 1.31 bits per heavy atom. The summed E-state index contributed by atoms with van der Waals surface area (Å²) < 4.78 is 56.2. The second-order valence-corrected chi connectivity index (χ2v) is 13.9. The van der Waals surface area contributed by atoms with Crippen molar-refractivity contribution in [3.8, 4) is 0 Å². The molecule has 13 heteroatoms. The Balaban J connectivity index is 1.44. The van der Waals surface area contributed by atoms with Crippen LogP contribution in [0.2, 0.25) is 0 Å². The van der Waals surface area contributed by atoms with Gasteiger partial charge >= 0.3 is 0 Å². The van der Waals surface area contributed by atoms with E-state index in [1.54, 1.807) is 22.9 Å². The van der Waals surface area contributed by atoms with Gasteiger partial charge < -0.3 is 0 Å². The maximum absolute atomic E-state index is 13.0. The SMILES string of the molecule is O=C(NN=Cc1cccc2ccccc12)c1cc(NS(=O)(=O)c2cccs2)cc(NS(=O)(=O)c2cccs2)c1. The maximum Gasteiger partial charge on any atom is 0.271 e. The van der Waals surface area contributed by atoms with Crippen molar-refractivity contribution in [3.05, 3.63) is 107 Å². The van der Waals surface area contributed by atoms with Gasteiger partial charge in [0.25, 0.3) is 26.0 Å². The standard InChI is InChI=1S/C26H20N4O5S4/c31-26(28-27-17-19-8-3-7-18-6-1-2-9-23(18)19)20-14-21(29-38(32,33)24-10-4-12-36-24)16-22(15-20)30-39(34,35)25-11-5-13-37-25/h1-17,29-30H,(H,28,31). The number of fused-ring (bicyclic) bond motifs is 1. The molecule has 0 aliphatic heterocycles. The van der Waals surface area contributed by atoms with Crippen LogP contribution in [0, 0.1) is 0 Å². The number of carbonyl (C=O) groups is 1. The molecule has 0 saturated carbocycles. The van der Waals surface area contributed by atoms with Gasteiger partial charge in [-0.25, -0.2) is 22.3 Å². The minimum Gasteiger partial charge on any atom is -0.279 e. The van der Waals surface area contributed by atoms with E-state index in [4.69, 9.17) is 0 Å². The van der Waals surface area contributed by atoms with Crippen LogP contribution in [0.5, 0.6) is 0 Å². The third-order valence-electron chi connectivity index (χ3n) is 5.41. The molecule has 2 heterocycles. The fourth-order valence-corrected chi connectivity index (χ4v) is 7.77. The van der Waals surface area contributed by atoms with Crippen molar-refractivity contribution >= 4 is 77.0 Å². The van der Waals surface area contributed by atoms with Crippen LogP contribution < -0.4 is 14.9 Å². The van der Waals surface area contributed by atoms with Crippen LogP contribution in [0.1, 0.15) is 15.9 Å². The molecule has 39 heavy (non-hydrogen) atoms. The molecule has 2 aromatic heterocycles. The highest BCUT2D eigenvalue weighted by atomic mass is 32.3. The Bertz CT molecular complexity index is 1790. The maximum atomic E-state index is 13.0. The summed E-state index contributed by atoms with van der Waals surface area (Å²) in [6.07, 6.45) is 1.50. The number of anilines is 2. The van der Waals surface area contributed by atoms with Gasteiger partial charge in [-0.05, 0) is 51.9 Å². The molecular formula is C26H20N4O5S4. The Hall–Kier alpha value is -4.04. The van der Waals surface area contributed by atoms with E-state index in [9.17, 15) is 21.6 Å². The zero-order valence-electron chi connectivity index (χ0n) is 19.9. The molecule has 0 aliphatic carbocycles. The van der Waals surface area contributed by atoms with Crippen LogP contribution in [0.15, 0.2) is 109 Å². The average molecular weight is 597 g/mol. The average Bonchev–Trinajstić information content (AvgIpc) is 3.64. The lowest BCUT2D eigenvalue weighted by Gasteiger charge is -2.12. The highest BCUT2D eigenvalue weighted by Gasteiger charge is 2.20. The fourth-order valence-electron chi connectivity index (χ4n) is 3.71. The van der Waals surface area contributed by atoms with Crippen molar-refractivity contribution in [2.75, 3.05) is 9.44 Å². The fraction of sp³-hybridized carbons (Fsp3) is 0. The summed E-state index contributed by atoms with van der Waals surface area (Å²) in [6.45, 7) is 0. The summed E-state index contributed by atoms with van der Waals surface area (Å²) in [7, 11) is -7.92. The van der Waals surface area contributed by atoms with Crippen LogP contribution in [0.25, 0.3) is 10.8 Å². The lowest BCUT2D eigenvalue weighted by molar-refractivity contribution is 0.0955. The molecular weight excluding hydrogens is 577 g/mol. The summed E-state index contributed by atoms with van der Waals surface area (Å²) in [5.41, 5.74) is 3.20. The van der Waals surface area contributed by atoms with E-state index < -0.39 is 26.0 Å². The number of hydrogen-bond donors (Lipinski definition) is 3. The van der Waals surface area contributed by atoms with Gasteiger partial charge in [-0.3, -0.25) is 14.2 Å². The number of hydrogen-bond acceptors (Lipinski definition) is 8. The van der Waals surface area contributed by atoms with Gasteiger partial charge in [0.05, 0.1) is 17.6 Å². The molecule has 0 fully saturated rings. The Morgan fingerprint density at radius 1 is 0.718 bits per heavy atom. The van der Waals surface area contributed by atoms with E-state index in [1.807, 2.05) is 42.5 Å². The van der Waals surface area contributed by atoms with Crippen molar-refractivity contribution in [1.29, 1.82) is 0 Å². The summed E-state index contributed by atoms with van der Waals surface area (Å²) in [6, 6.07) is 23.4. The number of thiophene rings is 2. The summed E-state index contributed by atoms with van der Waals surface area (Å²) in [5.74, 6) is -0.666. The molecule has 3 aromatic carbocycles. The van der Waals surface area contributed by atoms with E-state index in [2.05, 4.69) is 20.0 Å². The van der Waals surface area contributed by atoms with E-state index in [1.165, 1.54) is 36.5 Å². The Labute approximate surface area is 232 Å². The van der Waals surface area contributed by atoms with Crippen molar-refractivity contribution in [2.45, 2.75) is 8.42 Å². The Morgan fingerprint density at radius 3 is 1.90 bits per heavy atom. The first-order valence-corrected chi connectivity index (χ1v) is 16.0. The van der Waals surface area contributed by atoms with Gasteiger partial charge in [0.2, 0.25) is 0 Å². The van der Waals surface area contributed by atoms with Gasteiger partial charge in [0.15, 0.2) is 0 Å². The van der Waals surface area contributed by atoms with Crippen LogP contribution in [0.4, 0.5) is 11.4 Å². The molecule has 0 unspecified atom stereocenters. The number of nitrogens with one attached hydrogen (secondary N) is 3. The second-order valence-electron chi connectivity index (χ2n) is 8.14. The topological polar surface area (TPSA) is 134 Å². The number of nitrogens with zero attached hydrogens (tertiary/aromatic N) is 1. The van der Waals surface area contributed by atoms with Crippen molar-refractivity contribution < 1.29 is 21.6 Å². The third-order valence-corrected chi connectivity index (χ3v) is 11.0. The lowest BCUT2D eigenvalue weighted by atomic mass is 10.1. The number of rotatable bonds is 9. The predicted molar refractivity (Wildman–Crippen MR) is 156 cm³/mol. The molecule has 0 aliphatic rings. The first kappa shape index (κ1) is 26.6. The lowest BCUT2D eigenvalue weighted by Crippen LogP contribution is -2.20. The zero-order chi connectivity index (χ0) is 27.5. The molecule has 198 valence electrons. The van der Waals surface area contributed by atoms with E-state index in [-0.39, 0.29) is 25.4 Å². The van der Waals surface area contributed by atoms with E-state index >= 15 is 0 Å². The highest BCUT2D eigenvalue weighted by Crippen LogP contribution is 2.27. The molecule has 0 radical (unpaired) electrons. The second kappa shape index (κ2) is 11.0. The summed E-state index contributed by atoms with van der Waals surface area (Å²) in [5, 5.41) is 9.26. The van der Waals surface area contributed by atoms with Crippen molar-refractivity contribution in [2.24, 2.45) is 5.10 Å². The van der Waals surface area contributed by atoms with Crippen LogP contribution in [-0.2, 0) is 20.0 Å².